The number of benzene rings is 1. The van der Waals surface area contributed by atoms with Crippen molar-refractivity contribution in [1.29, 1.82) is 0 Å². The normalized spacial score (nSPS) is 30.8. The van der Waals surface area contributed by atoms with E-state index < -0.39 is 35.6 Å². The number of hydrogen-bond donors (Lipinski definition) is 1. The third kappa shape index (κ3) is 3.84. The lowest BCUT2D eigenvalue weighted by Crippen LogP contribution is -2.47. The molecule has 0 unspecified atom stereocenters. The molecular formula is C27H34N2O5. The van der Waals surface area contributed by atoms with Crippen LogP contribution in [0.25, 0.3) is 0 Å². The van der Waals surface area contributed by atoms with E-state index in [4.69, 9.17) is 9.47 Å². The maximum absolute atomic E-state index is 13.6. The fourth-order valence-electron chi connectivity index (χ4n) is 6.14. The molecular weight excluding hydrogens is 432 g/mol. The molecule has 1 aromatic carbocycles. The van der Waals surface area contributed by atoms with Gasteiger partial charge in [-0.05, 0) is 55.9 Å². The first kappa shape index (κ1) is 23.1. The van der Waals surface area contributed by atoms with Crippen LogP contribution in [0.5, 0.6) is 0 Å². The molecule has 2 bridgehead atoms. The van der Waals surface area contributed by atoms with Crippen LogP contribution in [-0.4, -0.2) is 48.2 Å². The first-order valence-electron chi connectivity index (χ1n) is 12.5. The number of amides is 2. The Morgan fingerprint density at radius 1 is 1.15 bits per heavy atom. The number of aryl methyl sites for hydroxylation is 2. The third-order valence-corrected chi connectivity index (χ3v) is 7.70. The van der Waals surface area contributed by atoms with Crippen LogP contribution in [0.2, 0.25) is 0 Å². The van der Waals surface area contributed by atoms with Crippen molar-refractivity contribution in [1.82, 2.24) is 5.32 Å². The van der Waals surface area contributed by atoms with Crippen LogP contribution < -0.4 is 10.2 Å². The molecule has 7 nitrogen and oxygen atoms in total. The van der Waals surface area contributed by atoms with Gasteiger partial charge in [0, 0.05) is 11.7 Å². The highest BCUT2D eigenvalue weighted by Crippen LogP contribution is 2.53. The number of hydrogen-bond acceptors (Lipinski definition) is 5. The summed E-state index contributed by atoms with van der Waals surface area (Å²) in [5.41, 5.74) is 2.13. The van der Waals surface area contributed by atoms with Crippen LogP contribution in [0.1, 0.15) is 50.7 Å². The van der Waals surface area contributed by atoms with Crippen molar-refractivity contribution in [3.8, 4) is 0 Å². The van der Waals surface area contributed by atoms with Crippen LogP contribution >= 0.6 is 0 Å². The third-order valence-electron chi connectivity index (χ3n) is 7.70. The van der Waals surface area contributed by atoms with Crippen molar-refractivity contribution >= 4 is 23.5 Å². The molecule has 2 amide bonds. The predicted molar refractivity (Wildman–Crippen MR) is 127 cm³/mol. The van der Waals surface area contributed by atoms with E-state index in [1.807, 2.05) is 52.0 Å². The van der Waals surface area contributed by atoms with Crippen LogP contribution in [0.15, 0.2) is 30.4 Å². The molecule has 5 atom stereocenters. The summed E-state index contributed by atoms with van der Waals surface area (Å²) in [6.45, 7) is 8.11. The Morgan fingerprint density at radius 3 is 2.47 bits per heavy atom. The second-order valence-corrected chi connectivity index (χ2v) is 10.8. The number of nitrogens with zero attached hydrogens (tertiary/aromatic N) is 1. The van der Waals surface area contributed by atoms with E-state index in [-0.39, 0.29) is 23.8 Å². The Bertz CT molecular complexity index is 1020. The number of ether oxygens (including phenoxy) is 2. The van der Waals surface area contributed by atoms with Gasteiger partial charge >= 0.3 is 5.97 Å². The van der Waals surface area contributed by atoms with E-state index in [1.165, 1.54) is 0 Å². The van der Waals surface area contributed by atoms with Gasteiger partial charge in [-0.1, -0.05) is 44.9 Å². The molecule has 1 aliphatic carbocycles. The Kier molecular flexibility index (Phi) is 5.79. The molecule has 5 rings (SSSR count). The second kappa shape index (κ2) is 8.52. The van der Waals surface area contributed by atoms with Gasteiger partial charge in [0.2, 0.25) is 5.91 Å². The standard InChI is InChI=1S/C27H34N2O5/c1-15(2)23(24(30)28-18-7-5-6-8-18)33-26(32)21-20-9-10-27(34-20)14-29(25(31)22(21)27)19-12-16(3)11-17(4)13-19/h9-13,15,18,20-23H,5-8,14H2,1-4H3,(H,28,30)/t20-,21-,22+,23-,27-/m0/s1. The summed E-state index contributed by atoms with van der Waals surface area (Å²) < 4.78 is 12.1. The molecule has 3 heterocycles. The Balaban J connectivity index is 1.35. The Labute approximate surface area is 200 Å². The molecule has 4 aliphatic rings. The molecule has 3 fully saturated rings. The maximum atomic E-state index is 13.6. The van der Waals surface area contributed by atoms with Crippen molar-refractivity contribution < 1.29 is 23.9 Å². The zero-order chi connectivity index (χ0) is 24.2. The minimum atomic E-state index is -0.890. The van der Waals surface area contributed by atoms with E-state index in [0.717, 1.165) is 42.5 Å². The number of fused-ring (bicyclic) bond motifs is 1. The van der Waals surface area contributed by atoms with E-state index in [9.17, 15) is 14.4 Å². The lowest BCUT2D eigenvalue weighted by molar-refractivity contribution is -0.165. The minimum Gasteiger partial charge on any atom is -0.452 e. The van der Waals surface area contributed by atoms with E-state index >= 15 is 0 Å². The molecule has 3 aliphatic heterocycles. The fraction of sp³-hybridized carbons (Fsp3) is 0.593. The van der Waals surface area contributed by atoms with Gasteiger partial charge in [0.15, 0.2) is 6.10 Å². The van der Waals surface area contributed by atoms with Gasteiger partial charge in [-0.2, -0.15) is 0 Å². The van der Waals surface area contributed by atoms with Crippen LogP contribution in [0, 0.1) is 31.6 Å². The van der Waals surface area contributed by atoms with Gasteiger partial charge in [0.1, 0.15) is 11.5 Å². The summed E-state index contributed by atoms with van der Waals surface area (Å²) >= 11 is 0. The number of esters is 1. The molecule has 7 heteroatoms. The Hall–Kier alpha value is -2.67. The molecule has 1 spiro atoms. The number of carbonyl (C=O) groups excluding carboxylic acids is 3. The number of nitrogens with one attached hydrogen (secondary N) is 1. The summed E-state index contributed by atoms with van der Waals surface area (Å²) in [5.74, 6) is -2.50. The molecule has 1 N–H and O–H groups in total. The molecule has 1 saturated carbocycles. The van der Waals surface area contributed by atoms with Gasteiger partial charge in [0.25, 0.3) is 5.91 Å². The van der Waals surface area contributed by atoms with Crippen molar-refractivity contribution in [2.75, 3.05) is 11.4 Å². The van der Waals surface area contributed by atoms with Crippen LogP contribution in [0.3, 0.4) is 0 Å². The quantitative estimate of drug-likeness (QED) is 0.514. The lowest BCUT2D eigenvalue weighted by Gasteiger charge is -2.27. The van der Waals surface area contributed by atoms with Gasteiger partial charge < -0.3 is 19.7 Å². The van der Waals surface area contributed by atoms with Crippen molar-refractivity contribution in [2.45, 2.75) is 77.2 Å². The highest BCUT2D eigenvalue weighted by atomic mass is 16.6. The summed E-state index contributed by atoms with van der Waals surface area (Å²) in [6, 6.07) is 6.17. The molecule has 0 radical (unpaired) electrons. The lowest BCUT2D eigenvalue weighted by atomic mass is 9.77. The monoisotopic (exact) mass is 466 g/mol. The fourth-order valence-corrected chi connectivity index (χ4v) is 6.14. The maximum Gasteiger partial charge on any atom is 0.313 e. The zero-order valence-corrected chi connectivity index (χ0v) is 20.4. The zero-order valence-electron chi connectivity index (χ0n) is 20.4. The first-order chi connectivity index (χ1) is 16.2. The molecule has 2 saturated heterocycles. The second-order valence-electron chi connectivity index (χ2n) is 10.8. The SMILES string of the molecule is Cc1cc(C)cc(N2C[C@]34C=C[C@H](O3)[C@H](C(=O)O[C@H](C(=O)NC3CCCC3)C(C)C)[C@@H]4C2=O)c1. The van der Waals surface area contributed by atoms with E-state index in [1.54, 1.807) is 4.90 Å². The van der Waals surface area contributed by atoms with Gasteiger partial charge in [0.05, 0.1) is 18.6 Å². The van der Waals surface area contributed by atoms with E-state index in [0.29, 0.717) is 6.54 Å². The number of anilines is 1. The van der Waals surface area contributed by atoms with Crippen LogP contribution in [0.4, 0.5) is 5.69 Å². The average Bonchev–Trinajstić information content (AvgIpc) is 3.53. The van der Waals surface area contributed by atoms with Crippen LogP contribution in [-0.2, 0) is 23.9 Å². The smallest absolute Gasteiger partial charge is 0.313 e. The first-order valence-corrected chi connectivity index (χ1v) is 12.5. The molecule has 182 valence electrons. The number of carbonyl (C=O) groups is 3. The molecule has 0 aromatic heterocycles. The van der Waals surface area contributed by atoms with Gasteiger partial charge in [-0.15, -0.1) is 0 Å². The summed E-state index contributed by atoms with van der Waals surface area (Å²) in [5, 5.41) is 3.05. The average molecular weight is 467 g/mol. The van der Waals surface area contributed by atoms with Crippen molar-refractivity contribution in [2.24, 2.45) is 17.8 Å². The Morgan fingerprint density at radius 2 is 1.82 bits per heavy atom. The summed E-state index contributed by atoms with van der Waals surface area (Å²) in [6.07, 6.45) is 6.53. The summed E-state index contributed by atoms with van der Waals surface area (Å²) in [7, 11) is 0. The highest BCUT2D eigenvalue weighted by Gasteiger charge is 2.67. The summed E-state index contributed by atoms with van der Waals surface area (Å²) in [4.78, 5) is 41.7. The molecule has 1 aromatic rings. The van der Waals surface area contributed by atoms with E-state index in [2.05, 4.69) is 11.4 Å². The molecule has 34 heavy (non-hydrogen) atoms. The largest absolute Gasteiger partial charge is 0.452 e. The van der Waals surface area contributed by atoms with Gasteiger partial charge in [-0.3, -0.25) is 14.4 Å². The minimum absolute atomic E-state index is 0.129. The predicted octanol–water partition coefficient (Wildman–Crippen LogP) is 3.22. The van der Waals surface area contributed by atoms with Crippen molar-refractivity contribution in [3.05, 3.63) is 41.5 Å². The van der Waals surface area contributed by atoms with Gasteiger partial charge in [-0.25, -0.2) is 0 Å². The topological polar surface area (TPSA) is 84.9 Å². The highest BCUT2D eigenvalue weighted by molar-refractivity contribution is 6.03. The van der Waals surface area contributed by atoms with Crippen molar-refractivity contribution in [3.63, 3.8) is 0 Å². The number of rotatable bonds is 6.